The van der Waals surface area contributed by atoms with Gasteiger partial charge in [0.1, 0.15) is 0 Å². The summed E-state index contributed by atoms with van der Waals surface area (Å²) in [7, 11) is -3.57. The Morgan fingerprint density at radius 2 is 1.81 bits per heavy atom. The van der Waals surface area contributed by atoms with Gasteiger partial charge >= 0.3 is 0 Å². The minimum absolute atomic E-state index is 0.0586. The number of aryl methyl sites for hydroxylation is 1. The average Bonchev–Trinajstić information content (AvgIpc) is 3.26. The number of hydrogen-bond acceptors (Lipinski definition) is 6. The first-order valence-corrected chi connectivity index (χ1v) is 12.7. The van der Waals surface area contributed by atoms with Crippen molar-refractivity contribution in [2.75, 3.05) is 6.26 Å². The summed E-state index contributed by atoms with van der Waals surface area (Å²) in [4.78, 5) is 16.6. The minimum atomic E-state index is -3.57. The maximum Gasteiger partial charge on any atom is 0.283 e. The molecule has 0 aliphatic carbocycles. The number of rotatable bonds is 3. The monoisotopic (exact) mass is 469 g/mol. The van der Waals surface area contributed by atoms with Gasteiger partial charge in [0.15, 0.2) is 5.84 Å². The molecule has 0 atom stereocenters. The molecule has 1 amide bonds. The van der Waals surface area contributed by atoms with Gasteiger partial charge in [0, 0.05) is 23.3 Å². The van der Waals surface area contributed by atoms with Crippen molar-refractivity contribution in [2.24, 2.45) is 10.1 Å². The second kappa shape index (κ2) is 7.86. The number of sulfone groups is 1. The molecule has 3 heterocycles. The van der Waals surface area contributed by atoms with E-state index >= 15 is 0 Å². The van der Waals surface area contributed by atoms with Gasteiger partial charge in [-0.15, -0.1) is 5.10 Å². The lowest BCUT2D eigenvalue weighted by molar-refractivity contribution is -0.114. The van der Waals surface area contributed by atoms with Crippen molar-refractivity contribution in [1.29, 1.82) is 5.41 Å². The van der Waals surface area contributed by atoms with Crippen molar-refractivity contribution >= 4 is 49.0 Å². The number of nitrogens with one attached hydrogen (secondary N) is 1. The van der Waals surface area contributed by atoms with E-state index < -0.39 is 15.7 Å². The zero-order valence-corrected chi connectivity index (χ0v) is 20.0. The summed E-state index contributed by atoms with van der Waals surface area (Å²) in [5.74, 6) is -0.346. The van der Waals surface area contributed by atoms with Crippen molar-refractivity contribution in [3.05, 3.63) is 58.4 Å². The van der Waals surface area contributed by atoms with Crippen LogP contribution in [0.3, 0.4) is 0 Å². The number of amides is 1. The Labute approximate surface area is 191 Å². The predicted octanol–water partition coefficient (Wildman–Crippen LogP) is 3.84. The molecular weight excluding hydrogens is 446 g/mol. The normalized spacial score (nSPS) is 17.8. The number of fused-ring (bicyclic) bond motifs is 1. The van der Waals surface area contributed by atoms with E-state index in [9.17, 15) is 13.2 Å². The molecule has 0 spiro atoms. The quantitative estimate of drug-likeness (QED) is 0.687. The smallest absolute Gasteiger partial charge is 0.283 e. The van der Waals surface area contributed by atoms with Crippen molar-refractivity contribution in [3.8, 4) is 5.69 Å². The Bertz CT molecular complexity index is 1350. The Balaban J connectivity index is 1.72. The highest BCUT2D eigenvalue weighted by Crippen LogP contribution is 2.31. The van der Waals surface area contributed by atoms with Crippen molar-refractivity contribution in [3.63, 3.8) is 0 Å². The summed E-state index contributed by atoms with van der Waals surface area (Å²) < 4.78 is 25.5. The van der Waals surface area contributed by atoms with Gasteiger partial charge in [-0.2, -0.15) is 10.0 Å². The molecule has 0 saturated carbocycles. The first-order valence-electron chi connectivity index (χ1n) is 9.97. The van der Waals surface area contributed by atoms with Crippen LogP contribution in [0, 0.1) is 19.3 Å². The lowest BCUT2D eigenvalue weighted by Crippen LogP contribution is -2.35. The van der Waals surface area contributed by atoms with Gasteiger partial charge in [0.05, 0.1) is 5.57 Å². The number of aliphatic imine (C=N–C) groups is 1. The fourth-order valence-electron chi connectivity index (χ4n) is 3.62. The van der Waals surface area contributed by atoms with Crippen molar-refractivity contribution in [2.45, 2.75) is 33.6 Å². The number of thioether (sulfide) groups is 1. The van der Waals surface area contributed by atoms with Crippen LogP contribution < -0.4 is 0 Å². The van der Waals surface area contributed by atoms with Gasteiger partial charge in [0.2, 0.25) is 19.4 Å². The van der Waals surface area contributed by atoms with Crippen LogP contribution in [-0.2, 0) is 14.6 Å². The zero-order valence-electron chi connectivity index (χ0n) is 18.4. The standard InChI is InChI=1S/C22H23N5O3S2/c1-12(2)15-6-8-17(9-7-15)26-13(3)10-16(14(26)4)11-18-19(23)27-21(24-20(18)28)31-22(25-27)32(5,29)30/h6-12,23H,1-5H3/b18-11-,23-19?. The second-order valence-corrected chi connectivity index (χ2v) is 11.2. The number of carbonyl (C=O) groups excluding carboxylic acids is 1. The number of carbonyl (C=O) groups is 1. The fraction of sp³-hybridized carbons (Fsp3) is 0.273. The summed E-state index contributed by atoms with van der Waals surface area (Å²) in [6, 6.07) is 10.3. The molecule has 0 bridgehead atoms. The van der Waals surface area contributed by atoms with Gasteiger partial charge in [-0.25, -0.2) is 8.42 Å². The molecule has 0 fully saturated rings. The average molecular weight is 470 g/mol. The van der Waals surface area contributed by atoms with E-state index in [1.165, 1.54) is 5.56 Å². The molecular formula is C22H23N5O3S2. The maximum absolute atomic E-state index is 12.6. The Hall–Kier alpha value is -2.98. The second-order valence-electron chi connectivity index (χ2n) is 8.07. The van der Waals surface area contributed by atoms with E-state index in [0.29, 0.717) is 5.92 Å². The molecule has 166 valence electrons. The highest BCUT2D eigenvalue weighted by atomic mass is 32.3. The molecule has 0 unspecified atom stereocenters. The number of hydrogen-bond donors (Lipinski definition) is 1. The Morgan fingerprint density at radius 1 is 1.16 bits per heavy atom. The van der Waals surface area contributed by atoms with E-state index in [0.717, 1.165) is 45.7 Å². The van der Waals surface area contributed by atoms with E-state index in [1.54, 1.807) is 6.08 Å². The van der Waals surface area contributed by atoms with E-state index in [2.05, 4.69) is 52.8 Å². The molecule has 32 heavy (non-hydrogen) atoms. The molecule has 1 N–H and O–H groups in total. The third-order valence-electron chi connectivity index (χ3n) is 5.34. The molecule has 2 aliphatic heterocycles. The first kappa shape index (κ1) is 22.2. The van der Waals surface area contributed by atoms with Gasteiger partial charge in [0.25, 0.3) is 5.91 Å². The number of aromatic nitrogens is 1. The summed E-state index contributed by atoms with van der Waals surface area (Å²) in [6.45, 7) is 8.23. The summed E-state index contributed by atoms with van der Waals surface area (Å²) in [5.41, 5.74) is 5.01. The van der Waals surface area contributed by atoms with Crippen LogP contribution in [-0.4, -0.2) is 45.5 Å². The van der Waals surface area contributed by atoms with Crippen LogP contribution in [0.15, 0.2) is 46.0 Å². The molecule has 4 rings (SSSR count). The van der Waals surface area contributed by atoms with Gasteiger partial charge in [-0.3, -0.25) is 10.2 Å². The molecule has 0 radical (unpaired) electrons. The lowest BCUT2D eigenvalue weighted by Gasteiger charge is -2.20. The molecule has 8 nitrogen and oxygen atoms in total. The SMILES string of the molecule is Cc1cc(/C=C2/C(=N)N3N=C(S(C)(=O)=O)SC3=NC2=O)c(C)n1-c1ccc(C(C)C)cc1. The van der Waals surface area contributed by atoms with Crippen LogP contribution in [0.1, 0.15) is 42.3 Å². The third kappa shape index (κ3) is 3.84. The molecule has 10 heteroatoms. The molecule has 2 aromatic rings. The number of benzene rings is 1. The number of amidine groups is 2. The molecule has 1 aromatic carbocycles. The van der Waals surface area contributed by atoms with Gasteiger partial charge < -0.3 is 4.57 Å². The van der Waals surface area contributed by atoms with Gasteiger partial charge in [-0.1, -0.05) is 26.0 Å². The Kier molecular flexibility index (Phi) is 5.46. The van der Waals surface area contributed by atoms with Crippen LogP contribution in [0.2, 0.25) is 0 Å². The van der Waals surface area contributed by atoms with Crippen molar-refractivity contribution in [1.82, 2.24) is 9.58 Å². The highest BCUT2D eigenvalue weighted by Gasteiger charge is 2.38. The summed E-state index contributed by atoms with van der Waals surface area (Å²) >= 11 is 0.772. The highest BCUT2D eigenvalue weighted by molar-refractivity contribution is 8.42. The van der Waals surface area contributed by atoms with E-state index in [4.69, 9.17) is 5.41 Å². The minimum Gasteiger partial charge on any atom is -0.318 e. The third-order valence-corrected chi connectivity index (χ3v) is 7.92. The summed E-state index contributed by atoms with van der Waals surface area (Å²) in [6.07, 6.45) is 2.65. The topological polar surface area (TPSA) is 108 Å². The maximum atomic E-state index is 12.6. The van der Waals surface area contributed by atoms with Crippen LogP contribution >= 0.6 is 11.8 Å². The Morgan fingerprint density at radius 3 is 2.41 bits per heavy atom. The van der Waals surface area contributed by atoms with Crippen LogP contribution in [0.5, 0.6) is 0 Å². The molecule has 2 aliphatic rings. The predicted molar refractivity (Wildman–Crippen MR) is 129 cm³/mol. The van der Waals surface area contributed by atoms with Crippen LogP contribution in [0.4, 0.5) is 0 Å². The lowest BCUT2D eigenvalue weighted by atomic mass is 10.0. The van der Waals surface area contributed by atoms with Crippen LogP contribution in [0.25, 0.3) is 11.8 Å². The fourth-order valence-corrected chi connectivity index (χ4v) is 5.30. The van der Waals surface area contributed by atoms with E-state index in [1.807, 2.05) is 19.9 Å². The largest absolute Gasteiger partial charge is 0.318 e. The molecule has 1 aromatic heterocycles. The first-order chi connectivity index (χ1) is 15.0. The summed E-state index contributed by atoms with van der Waals surface area (Å²) in [5, 5.41) is 13.6. The van der Waals surface area contributed by atoms with Gasteiger partial charge in [-0.05, 0) is 66.9 Å². The van der Waals surface area contributed by atoms with Crippen molar-refractivity contribution < 1.29 is 13.2 Å². The number of nitrogens with zero attached hydrogens (tertiary/aromatic N) is 4. The zero-order chi connectivity index (χ0) is 23.4. The number of hydrazone groups is 1. The molecule has 0 saturated heterocycles. The van der Waals surface area contributed by atoms with E-state index in [-0.39, 0.29) is 21.0 Å².